The van der Waals surface area contributed by atoms with E-state index in [1.807, 2.05) is 0 Å². The highest BCUT2D eigenvalue weighted by molar-refractivity contribution is 5.81. The maximum Gasteiger partial charge on any atom is 0.239 e. The molecule has 3 N–H and O–H groups in total. The summed E-state index contributed by atoms with van der Waals surface area (Å²) in [5.74, 6) is -0.932. The Bertz CT molecular complexity index is 475. The van der Waals surface area contributed by atoms with Crippen molar-refractivity contribution in [1.29, 1.82) is 0 Å². The van der Waals surface area contributed by atoms with Crippen LogP contribution in [0.3, 0.4) is 0 Å². The Labute approximate surface area is 117 Å². The molecule has 0 radical (unpaired) electrons. The summed E-state index contributed by atoms with van der Waals surface area (Å²) in [5, 5.41) is 3.04. The Kier molecular flexibility index (Phi) is 4.92. The van der Waals surface area contributed by atoms with Gasteiger partial charge in [-0.25, -0.2) is 4.39 Å². The lowest BCUT2D eigenvalue weighted by Crippen LogP contribution is -2.37. The Morgan fingerprint density at radius 3 is 3.00 bits per heavy atom. The fourth-order valence-corrected chi connectivity index (χ4v) is 2.30. The summed E-state index contributed by atoms with van der Waals surface area (Å²) in [7, 11) is 1.39. The number of nitrogens with two attached hydrogens (primary N) is 1. The van der Waals surface area contributed by atoms with Gasteiger partial charge in [0.15, 0.2) is 11.6 Å². The molecule has 110 valence electrons. The van der Waals surface area contributed by atoms with Crippen molar-refractivity contribution >= 4 is 5.91 Å². The number of ether oxygens (including phenoxy) is 2. The number of primary amides is 1. The van der Waals surface area contributed by atoms with Crippen LogP contribution in [0.4, 0.5) is 4.39 Å². The molecule has 1 heterocycles. The molecule has 0 bridgehead atoms. The van der Waals surface area contributed by atoms with Crippen molar-refractivity contribution in [3.63, 3.8) is 0 Å². The fraction of sp³-hybridized carbons (Fsp3) is 0.500. The van der Waals surface area contributed by atoms with Crippen LogP contribution in [0.15, 0.2) is 18.2 Å². The molecule has 2 atom stereocenters. The van der Waals surface area contributed by atoms with Gasteiger partial charge in [-0.15, -0.1) is 0 Å². The molecule has 1 aliphatic heterocycles. The molecule has 5 nitrogen and oxygen atoms in total. The van der Waals surface area contributed by atoms with E-state index in [4.69, 9.17) is 15.2 Å². The zero-order valence-corrected chi connectivity index (χ0v) is 11.4. The molecule has 1 saturated heterocycles. The summed E-state index contributed by atoms with van der Waals surface area (Å²) in [5.41, 5.74) is 5.86. The molecule has 2 unspecified atom stereocenters. The van der Waals surface area contributed by atoms with Gasteiger partial charge < -0.3 is 15.2 Å². The Morgan fingerprint density at radius 1 is 1.65 bits per heavy atom. The van der Waals surface area contributed by atoms with Crippen LogP contribution in [0.25, 0.3) is 0 Å². The summed E-state index contributed by atoms with van der Waals surface area (Å²) in [6, 6.07) is 3.63. The average Bonchev–Trinajstić information content (AvgIpc) is 2.92. The van der Waals surface area contributed by atoms with E-state index in [1.54, 1.807) is 6.07 Å². The molecule has 1 fully saturated rings. The smallest absolute Gasteiger partial charge is 0.239 e. The molecular weight excluding hydrogens is 263 g/mol. The summed E-state index contributed by atoms with van der Waals surface area (Å²) < 4.78 is 24.0. The van der Waals surface area contributed by atoms with Gasteiger partial charge in [-0.2, -0.15) is 0 Å². The largest absolute Gasteiger partial charge is 0.494 e. The minimum atomic E-state index is -0.736. The first-order chi connectivity index (χ1) is 9.61. The second kappa shape index (κ2) is 6.67. The van der Waals surface area contributed by atoms with Crippen molar-refractivity contribution in [3.8, 4) is 5.75 Å². The number of methoxy groups -OCH3 is 1. The molecule has 0 saturated carbocycles. The third kappa shape index (κ3) is 3.46. The van der Waals surface area contributed by atoms with E-state index in [9.17, 15) is 9.18 Å². The van der Waals surface area contributed by atoms with Gasteiger partial charge in [0.2, 0.25) is 5.91 Å². The van der Waals surface area contributed by atoms with Crippen molar-refractivity contribution < 1.29 is 18.7 Å². The lowest BCUT2D eigenvalue weighted by atomic mass is 10.1. The van der Waals surface area contributed by atoms with E-state index in [0.29, 0.717) is 12.1 Å². The predicted molar refractivity (Wildman–Crippen MR) is 71.9 cm³/mol. The summed E-state index contributed by atoms with van der Waals surface area (Å²) in [6.07, 6.45) is 2.06. The Morgan fingerprint density at radius 2 is 2.45 bits per heavy atom. The van der Waals surface area contributed by atoms with Crippen LogP contribution in [-0.4, -0.2) is 32.3 Å². The normalized spacial score (nSPS) is 19.8. The van der Waals surface area contributed by atoms with Crippen molar-refractivity contribution in [2.75, 3.05) is 20.3 Å². The standard InChI is InChI=1S/C14H19FN2O3/c1-19-12-5-4-9(7-11(12)15)13(14(16)18)17-8-10-3-2-6-20-10/h4-5,7,10,13,17H,2-3,6,8H2,1H3,(H2,16,18). The van der Waals surface area contributed by atoms with Gasteiger partial charge in [-0.1, -0.05) is 6.07 Å². The van der Waals surface area contributed by atoms with Crippen LogP contribution in [0.2, 0.25) is 0 Å². The first kappa shape index (κ1) is 14.7. The van der Waals surface area contributed by atoms with Crippen LogP contribution < -0.4 is 15.8 Å². The van der Waals surface area contributed by atoms with E-state index in [2.05, 4.69) is 5.32 Å². The van der Waals surface area contributed by atoms with Gasteiger partial charge >= 0.3 is 0 Å². The first-order valence-electron chi connectivity index (χ1n) is 6.59. The monoisotopic (exact) mass is 282 g/mol. The third-order valence-electron chi connectivity index (χ3n) is 3.37. The van der Waals surface area contributed by atoms with E-state index in [-0.39, 0.29) is 11.9 Å². The van der Waals surface area contributed by atoms with Crippen LogP contribution in [0.5, 0.6) is 5.75 Å². The van der Waals surface area contributed by atoms with Gasteiger partial charge in [0.05, 0.1) is 13.2 Å². The number of nitrogens with one attached hydrogen (secondary N) is 1. The molecule has 0 aromatic heterocycles. The number of hydrogen-bond donors (Lipinski definition) is 2. The summed E-state index contributed by atoms with van der Waals surface area (Å²) in [4.78, 5) is 11.5. The second-order valence-corrected chi connectivity index (χ2v) is 4.77. The van der Waals surface area contributed by atoms with Crippen LogP contribution in [-0.2, 0) is 9.53 Å². The second-order valence-electron chi connectivity index (χ2n) is 4.77. The third-order valence-corrected chi connectivity index (χ3v) is 3.37. The van der Waals surface area contributed by atoms with Gasteiger partial charge in [0.1, 0.15) is 6.04 Å². The van der Waals surface area contributed by atoms with Crippen molar-refractivity contribution in [2.24, 2.45) is 5.73 Å². The number of halogens is 1. The van der Waals surface area contributed by atoms with E-state index in [1.165, 1.54) is 19.2 Å². The van der Waals surface area contributed by atoms with Crippen molar-refractivity contribution in [3.05, 3.63) is 29.6 Å². The molecule has 1 aliphatic rings. The maximum absolute atomic E-state index is 13.7. The van der Waals surface area contributed by atoms with Gasteiger partial charge in [0.25, 0.3) is 0 Å². The SMILES string of the molecule is COc1ccc(C(NCC2CCCO2)C(N)=O)cc1F. The lowest BCUT2D eigenvalue weighted by Gasteiger charge is -2.19. The number of carbonyl (C=O) groups excluding carboxylic acids is 1. The van der Waals surface area contributed by atoms with Gasteiger partial charge in [-0.3, -0.25) is 10.1 Å². The topological polar surface area (TPSA) is 73.6 Å². The predicted octanol–water partition coefficient (Wildman–Crippen LogP) is 1.13. The maximum atomic E-state index is 13.7. The average molecular weight is 282 g/mol. The summed E-state index contributed by atoms with van der Waals surface area (Å²) >= 11 is 0. The first-order valence-corrected chi connectivity index (χ1v) is 6.59. The molecular formula is C14H19FN2O3. The molecule has 0 aliphatic carbocycles. The molecule has 1 aromatic rings. The molecule has 1 aromatic carbocycles. The minimum absolute atomic E-state index is 0.0833. The number of carbonyl (C=O) groups is 1. The van der Waals surface area contributed by atoms with Gasteiger partial charge in [-0.05, 0) is 30.5 Å². The van der Waals surface area contributed by atoms with E-state index in [0.717, 1.165) is 19.4 Å². The van der Waals surface area contributed by atoms with Crippen LogP contribution in [0.1, 0.15) is 24.4 Å². The minimum Gasteiger partial charge on any atom is -0.494 e. The zero-order valence-electron chi connectivity index (χ0n) is 11.4. The zero-order chi connectivity index (χ0) is 14.5. The molecule has 0 spiro atoms. The van der Waals surface area contributed by atoms with E-state index < -0.39 is 17.8 Å². The van der Waals surface area contributed by atoms with Crippen LogP contribution >= 0.6 is 0 Å². The Balaban J connectivity index is 2.07. The molecule has 1 amide bonds. The number of hydrogen-bond acceptors (Lipinski definition) is 4. The fourth-order valence-electron chi connectivity index (χ4n) is 2.30. The van der Waals surface area contributed by atoms with Gasteiger partial charge in [0, 0.05) is 13.2 Å². The number of rotatable bonds is 6. The van der Waals surface area contributed by atoms with Crippen molar-refractivity contribution in [1.82, 2.24) is 5.32 Å². The molecule has 2 rings (SSSR count). The van der Waals surface area contributed by atoms with Crippen LogP contribution in [0, 0.1) is 5.82 Å². The van der Waals surface area contributed by atoms with Crippen molar-refractivity contribution in [2.45, 2.75) is 25.0 Å². The highest BCUT2D eigenvalue weighted by Crippen LogP contribution is 2.22. The molecule has 20 heavy (non-hydrogen) atoms. The lowest BCUT2D eigenvalue weighted by molar-refractivity contribution is -0.120. The quantitative estimate of drug-likeness (QED) is 0.820. The van der Waals surface area contributed by atoms with E-state index >= 15 is 0 Å². The summed E-state index contributed by atoms with van der Waals surface area (Å²) in [6.45, 7) is 1.26. The molecule has 6 heteroatoms. The number of amides is 1. The number of benzene rings is 1. The highest BCUT2D eigenvalue weighted by Gasteiger charge is 2.22. The Hall–Kier alpha value is -1.66. The highest BCUT2D eigenvalue weighted by atomic mass is 19.1.